The SMILES string of the molecule is C[C@@H](N)C(=O)N[C@H](CSCc1cc(CSCCN)cc(CSCCC(N)=O)c1)C(N)=O. The molecule has 8 nitrogen and oxygen atoms in total. The highest BCUT2D eigenvalue weighted by molar-refractivity contribution is 7.99. The van der Waals surface area contributed by atoms with E-state index in [1.165, 1.54) is 22.9 Å². The lowest BCUT2D eigenvalue weighted by Crippen LogP contribution is -2.50. The summed E-state index contributed by atoms with van der Waals surface area (Å²) in [6, 6.07) is 4.97. The zero-order chi connectivity index (χ0) is 23.2. The minimum absolute atomic E-state index is 0.295. The number of nitrogens with one attached hydrogen (secondary N) is 1. The summed E-state index contributed by atoms with van der Waals surface area (Å²) in [6.45, 7) is 2.19. The highest BCUT2D eigenvalue weighted by Gasteiger charge is 2.19. The molecule has 0 unspecified atom stereocenters. The molecule has 0 aliphatic rings. The maximum Gasteiger partial charge on any atom is 0.240 e. The van der Waals surface area contributed by atoms with E-state index in [0.29, 0.717) is 30.2 Å². The smallest absolute Gasteiger partial charge is 0.240 e. The second-order valence-electron chi connectivity index (χ2n) is 7.04. The Bertz CT molecular complexity index is 734. The van der Waals surface area contributed by atoms with Gasteiger partial charge in [0, 0.05) is 47.5 Å². The van der Waals surface area contributed by atoms with Gasteiger partial charge in [-0.15, -0.1) is 0 Å². The van der Waals surface area contributed by atoms with Gasteiger partial charge in [0.2, 0.25) is 17.7 Å². The second-order valence-corrected chi connectivity index (χ2v) is 10.3. The molecule has 174 valence electrons. The van der Waals surface area contributed by atoms with Gasteiger partial charge in [0.05, 0.1) is 6.04 Å². The van der Waals surface area contributed by atoms with Crippen molar-refractivity contribution in [3.63, 3.8) is 0 Å². The minimum Gasteiger partial charge on any atom is -0.370 e. The Kier molecular flexibility index (Phi) is 13.7. The maximum atomic E-state index is 11.8. The summed E-state index contributed by atoms with van der Waals surface area (Å²) in [6.07, 6.45) is 0.362. The Balaban J connectivity index is 2.74. The van der Waals surface area contributed by atoms with Crippen molar-refractivity contribution in [1.29, 1.82) is 0 Å². The van der Waals surface area contributed by atoms with Gasteiger partial charge in [0.25, 0.3) is 0 Å². The largest absolute Gasteiger partial charge is 0.370 e. The van der Waals surface area contributed by atoms with Gasteiger partial charge in [-0.2, -0.15) is 35.3 Å². The number of thioether (sulfide) groups is 3. The lowest BCUT2D eigenvalue weighted by atomic mass is 10.1. The van der Waals surface area contributed by atoms with E-state index < -0.39 is 23.9 Å². The van der Waals surface area contributed by atoms with Crippen molar-refractivity contribution in [3.8, 4) is 0 Å². The van der Waals surface area contributed by atoms with Crippen LogP contribution in [0.25, 0.3) is 0 Å². The number of nitrogens with two attached hydrogens (primary N) is 4. The third-order valence-corrected chi connectivity index (χ3v) is 7.23. The van der Waals surface area contributed by atoms with E-state index >= 15 is 0 Å². The molecule has 31 heavy (non-hydrogen) atoms. The summed E-state index contributed by atoms with van der Waals surface area (Å²) in [5.41, 5.74) is 25.3. The lowest BCUT2D eigenvalue weighted by molar-refractivity contribution is -0.127. The Morgan fingerprint density at radius 1 is 0.935 bits per heavy atom. The minimum atomic E-state index is -0.768. The molecule has 0 saturated carbocycles. The fourth-order valence-electron chi connectivity index (χ4n) is 2.52. The monoisotopic (exact) mass is 487 g/mol. The zero-order valence-corrected chi connectivity index (χ0v) is 20.3. The van der Waals surface area contributed by atoms with Crippen LogP contribution in [-0.4, -0.2) is 53.6 Å². The van der Waals surface area contributed by atoms with Crippen LogP contribution in [0, 0.1) is 0 Å². The van der Waals surface area contributed by atoms with Gasteiger partial charge < -0.3 is 28.3 Å². The fraction of sp³-hybridized carbons (Fsp3) is 0.550. The van der Waals surface area contributed by atoms with Crippen molar-refractivity contribution < 1.29 is 14.4 Å². The van der Waals surface area contributed by atoms with Gasteiger partial charge in [0.1, 0.15) is 6.04 Å². The van der Waals surface area contributed by atoms with E-state index in [1.807, 2.05) is 0 Å². The molecular formula is C20H33N5O3S3. The summed E-state index contributed by atoms with van der Waals surface area (Å²) < 4.78 is 0. The zero-order valence-electron chi connectivity index (χ0n) is 17.8. The van der Waals surface area contributed by atoms with Gasteiger partial charge in [-0.1, -0.05) is 18.2 Å². The molecule has 0 bridgehead atoms. The molecule has 11 heteroatoms. The predicted octanol–water partition coefficient (Wildman–Crippen LogP) is 0.538. The molecule has 0 radical (unpaired) electrons. The predicted molar refractivity (Wildman–Crippen MR) is 133 cm³/mol. The summed E-state index contributed by atoms with van der Waals surface area (Å²) in [5.74, 6) is 2.98. The molecule has 2 atom stereocenters. The number of amides is 3. The number of hydrogen-bond donors (Lipinski definition) is 5. The van der Waals surface area contributed by atoms with Crippen molar-refractivity contribution in [2.75, 3.05) is 23.8 Å². The van der Waals surface area contributed by atoms with Crippen LogP contribution in [0.5, 0.6) is 0 Å². The highest BCUT2D eigenvalue weighted by Crippen LogP contribution is 2.23. The van der Waals surface area contributed by atoms with Crippen molar-refractivity contribution in [1.82, 2.24) is 5.32 Å². The first-order valence-corrected chi connectivity index (χ1v) is 13.4. The van der Waals surface area contributed by atoms with Crippen LogP contribution in [-0.2, 0) is 31.6 Å². The van der Waals surface area contributed by atoms with Gasteiger partial charge in [-0.05, 0) is 23.6 Å². The molecule has 0 fully saturated rings. The lowest BCUT2D eigenvalue weighted by Gasteiger charge is -2.17. The molecule has 3 amide bonds. The van der Waals surface area contributed by atoms with E-state index in [0.717, 1.165) is 22.8 Å². The average Bonchev–Trinajstić information content (AvgIpc) is 2.70. The number of carbonyl (C=O) groups is 3. The number of hydrogen-bond acceptors (Lipinski definition) is 8. The topological polar surface area (TPSA) is 167 Å². The van der Waals surface area contributed by atoms with Crippen LogP contribution in [0.3, 0.4) is 0 Å². The average molecular weight is 488 g/mol. The van der Waals surface area contributed by atoms with Crippen LogP contribution in [0.2, 0.25) is 0 Å². The van der Waals surface area contributed by atoms with Crippen LogP contribution in [0.15, 0.2) is 18.2 Å². The van der Waals surface area contributed by atoms with E-state index in [4.69, 9.17) is 22.9 Å². The van der Waals surface area contributed by atoms with E-state index in [-0.39, 0.29) is 5.91 Å². The Hall–Kier alpha value is -1.40. The Morgan fingerprint density at radius 3 is 1.90 bits per heavy atom. The van der Waals surface area contributed by atoms with Gasteiger partial charge in [-0.25, -0.2) is 0 Å². The molecule has 1 aromatic carbocycles. The molecule has 1 aromatic rings. The highest BCUT2D eigenvalue weighted by atomic mass is 32.2. The molecule has 0 aromatic heterocycles. The van der Waals surface area contributed by atoms with Gasteiger partial charge >= 0.3 is 0 Å². The number of primary amides is 2. The first-order valence-electron chi connectivity index (χ1n) is 9.91. The number of carbonyl (C=O) groups excluding carboxylic acids is 3. The standard InChI is InChI=1S/C20H33N5O3S3/c1-13(22)20(28)25-17(19(24)27)12-31-11-16-7-14(9-29-4-2-18(23)26)6-15(8-16)10-30-5-3-21/h6-8,13,17H,2-5,9-12,21-22H2,1H3,(H2,23,26)(H2,24,27)(H,25,28)/t13-,17-/m1/s1. The summed E-state index contributed by atoms with van der Waals surface area (Å²) in [4.78, 5) is 34.3. The van der Waals surface area contributed by atoms with E-state index in [9.17, 15) is 14.4 Å². The quantitative estimate of drug-likeness (QED) is 0.211. The third kappa shape index (κ3) is 12.3. The van der Waals surface area contributed by atoms with Crippen molar-refractivity contribution in [2.24, 2.45) is 22.9 Å². The van der Waals surface area contributed by atoms with Gasteiger partial charge in [0.15, 0.2) is 0 Å². The molecule has 0 heterocycles. The molecule has 1 rings (SSSR count). The molecule has 0 aliphatic heterocycles. The van der Waals surface area contributed by atoms with Gasteiger partial charge in [-0.3, -0.25) is 14.4 Å². The van der Waals surface area contributed by atoms with Crippen LogP contribution in [0.4, 0.5) is 0 Å². The summed E-state index contributed by atoms with van der Waals surface area (Å²) in [7, 11) is 0. The van der Waals surface area contributed by atoms with Crippen molar-refractivity contribution in [3.05, 3.63) is 34.9 Å². The maximum absolute atomic E-state index is 11.8. The molecule has 0 spiro atoms. The molecule has 9 N–H and O–H groups in total. The van der Waals surface area contributed by atoms with Crippen LogP contribution in [0.1, 0.15) is 30.0 Å². The molecule has 0 aliphatic carbocycles. The summed E-state index contributed by atoms with van der Waals surface area (Å²) >= 11 is 4.97. The van der Waals surface area contributed by atoms with Crippen LogP contribution >= 0.6 is 35.3 Å². The summed E-state index contributed by atoms with van der Waals surface area (Å²) in [5, 5.41) is 2.59. The van der Waals surface area contributed by atoms with Crippen molar-refractivity contribution in [2.45, 2.75) is 42.7 Å². The number of rotatable bonds is 16. The molecule has 0 saturated heterocycles. The third-order valence-electron chi connectivity index (χ3n) is 4.03. The van der Waals surface area contributed by atoms with Crippen molar-refractivity contribution >= 4 is 53.0 Å². The first-order chi connectivity index (χ1) is 14.7. The Morgan fingerprint density at radius 2 is 1.45 bits per heavy atom. The van der Waals surface area contributed by atoms with E-state index in [2.05, 4.69) is 23.5 Å². The van der Waals surface area contributed by atoms with E-state index in [1.54, 1.807) is 30.4 Å². The first kappa shape index (κ1) is 27.6. The fourth-order valence-corrected chi connectivity index (χ4v) is 5.13. The Labute approximate surface area is 196 Å². The van der Waals surface area contributed by atoms with Crippen LogP contribution < -0.4 is 28.3 Å². The second kappa shape index (κ2) is 15.4. The molecular weight excluding hydrogens is 454 g/mol. The normalized spacial score (nSPS) is 12.9. The number of benzene rings is 1.